The molecule has 1 aromatic rings. The lowest BCUT2D eigenvalue weighted by Crippen LogP contribution is -2.00. The van der Waals surface area contributed by atoms with E-state index in [1.807, 2.05) is 0 Å². The van der Waals surface area contributed by atoms with E-state index in [1.54, 1.807) is 0 Å². The van der Waals surface area contributed by atoms with Gasteiger partial charge in [-0.05, 0) is 38.5 Å². The monoisotopic (exact) mass is 218 g/mol. The number of rotatable bonds is 1. The molecule has 2 aliphatic rings. The van der Waals surface area contributed by atoms with E-state index in [0.717, 1.165) is 5.92 Å². The Balaban J connectivity index is 1.79. The molecule has 16 heavy (non-hydrogen) atoms. The van der Waals surface area contributed by atoms with Crippen LogP contribution in [0.4, 0.5) is 0 Å². The number of fused-ring (bicyclic) bond motifs is 1. The van der Waals surface area contributed by atoms with E-state index in [2.05, 4.69) is 4.98 Å². The highest BCUT2D eigenvalue weighted by atomic mass is 14.9. The van der Waals surface area contributed by atoms with Gasteiger partial charge in [0.05, 0.1) is 5.69 Å². The van der Waals surface area contributed by atoms with Crippen LogP contribution < -0.4 is 0 Å². The Labute approximate surface area is 97.9 Å². The van der Waals surface area contributed by atoms with E-state index in [4.69, 9.17) is 4.98 Å². The lowest BCUT2D eigenvalue weighted by molar-refractivity contribution is 0.564. The molecule has 1 N–H and O–H groups in total. The number of aromatic nitrogens is 2. The zero-order valence-corrected chi connectivity index (χ0v) is 10.1. The fourth-order valence-electron chi connectivity index (χ4n) is 3.22. The van der Waals surface area contributed by atoms with E-state index in [1.165, 1.54) is 81.4 Å². The second kappa shape index (κ2) is 4.60. The number of aryl methyl sites for hydroxylation is 2. The van der Waals surface area contributed by atoms with E-state index < -0.39 is 0 Å². The summed E-state index contributed by atoms with van der Waals surface area (Å²) in [4.78, 5) is 8.48. The summed E-state index contributed by atoms with van der Waals surface area (Å²) in [6.45, 7) is 0. The molecule has 1 fully saturated rings. The second-order valence-electron chi connectivity index (χ2n) is 5.44. The number of nitrogens with zero attached hydrogens (tertiary/aromatic N) is 1. The summed E-state index contributed by atoms with van der Waals surface area (Å²) >= 11 is 0. The van der Waals surface area contributed by atoms with Gasteiger partial charge in [-0.2, -0.15) is 0 Å². The summed E-state index contributed by atoms with van der Waals surface area (Å²) in [5, 5.41) is 0. The number of hydrogen-bond donors (Lipinski definition) is 1. The van der Waals surface area contributed by atoms with Gasteiger partial charge in [0, 0.05) is 11.6 Å². The number of imidazole rings is 1. The van der Waals surface area contributed by atoms with Gasteiger partial charge in [0.15, 0.2) is 0 Å². The van der Waals surface area contributed by atoms with Crippen molar-refractivity contribution in [3.63, 3.8) is 0 Å². The summed E-state index contributed by atoms with van der Waals surface area (Å²) in [5.74, 6) is 2.04. The van der Waals surface area contributed by atoms with Gasteiger partial charge in [-0.1, -0.05) is 25.7 Å². The van der Waals surface area contributed by atoms with Gasteiger partial charge in [-0.3, -0.25) is 0 Å². The highest BCUT2D eigenvalue weighted by Crippen LogP contribution is 2.31. The maximum Gasteiger partial charge on any atom is 0.109 e. The summed E-state index contributed by atoms with van der Waals surface area (Å²) in [7, 11) is 0. The third-order valence-electron chi connectivity index (χ3n) is 4.21. The van der Waals surface area contributed by atoms with E-state index in [9.17, 15) is 0 Å². The molecule has 0 aromatic carbocycles. The summed E-state index contributed by atoms with van der Waals surface area (Å²) < 4.78 is 0. The molecule has 88 valence electrons. The molecule has 0 aliphatic heterocycles. The molecule has 1 aromatic heterocycles. The van der Waals surface area contributed by atoms with Crippen LogP contribution in [0, 0.1) is 0 Å². The Kier molecular flexibility index (Phi) is 2.98. The molecule has 1 saturated carbocycles. The summed E-state index contributed by atoms with van der Waals surface area (Å²) in [6, 6.07) is 0. The lowest BCUT2D eigenvalue weighted by Gasteiger charge is -2.10. The highest BCUT2D eigenvalue weighted by molar-refractivity contribution is 5.19. The van der Waals surface area contributed by atoms with Crippen molar-refractivity contribution in [1.82, 2.24) is 9.97 Å². The van der Waals surface area contributed by atoms with Crippen LogP contribution in [-0.4, -0.2) is 9.97 Å². The van der Waals surface area contributed by atoms with Gasteiger partial charge in [-0.15, -0.1) is 0 Å². The molecule has 2 aliphatic carbocycles. The van der Waals surface area contributed by atoms with Crippen molar-refractivity contribution in [3.8, 4) is 0 Å². The van der Waals surface area contributed by atoms with Crippen LogP contribution in [0.2, 0.25) is 0 Å². The Morgan fingerprint density at radius 3 is 2.38 bits per heavy atom. The quantitative estimate of drug-likeness (QED) is 0.715. The molecule has 2 heteroatoms. The Hall–Kier alpha value is -0.790. The zero-order valence-electron chi connectivity index (χ0n) is 10.1. The van der Waals surface area contributed by atoms with Gasteiger partial charge in [-0.25, -0.2) is 4.98 Å². The number of H-pyrrole nitrogens is 1. The van der Waals surface area contributed by atoms with Gasteiger partial charge < -0.3 is 4.98 Å². The molecule has 3 rings (SSSR count). The molecule has 0 spiro atoms. The maximum atomic E-state index is 4.86. The highest BCUT2D eigenvalue weighted by Gasteiger charge is 2.21. The van der Waals surface area contributed by atoms with Crippen molar-refractivity contribution in [1.29, 1.82) is 0 Å². The van der Waals surface area contributed by atoms with Crippen LogP contribution in [0.1, 0.15) is 74.5 Å². The first kappa shape index (κ1) is 10.4. The number of aromatic amines is 1. The van der Waals surface area contributed by atoms with Crippen LogP contribution in [0.3, 0.4) is 0 Å². The first-order valence-corrected chi connectivity index (χ1v) is 7.01. The van der Waals surface area contributed by atoms with Crippen LogP contribution in [-0.2, 0) is 12.8 Å². The summed E-state index contributed by atoms with van der Waals surface area (Å²) in [5.41, 5.74) is 2.83. The van der Waals surface area contributed by atoms with Crippen molar-refractivity contribution in [2.45, 2.75) is 70.1 Å². The van der Waals surface area contributed by atoms with Crippen molar-refractivity contribution in [2.24, 2.45) is 0 Å². The van der Waals surface area contributed by atoms with Crippen molar-refractivity contribution in [2.75, 3.05) is 0 Å². The normalized spacial score (nSPS) is 22.8. The van der Waals surface area contributed by atoms with Crippen LogP contribution in [0.15, 0.2) is 0 Å². The van der Waals surface area contributed by atoms with Gasteiger partial charge in [0.2, 0.25) is 0 Å². The predicted molar refractivity (Wildman–Crippen MR) is 65.7 cm³/mol. The first-order chi connectivity index (χ1) is 7.93. The molecule has 0 unspecified atom stereocenters. The molecular weight excluding hydrogens is 196 g/mol. The molecule has 0 radical (unpaired) electrons. The largest absolute Gasteiger partial charge is 0.345 e. The Morgan fingerprint density at radius 2 is 1.62 bits per heavy atom. The molecule has 0 saturated heterocycles. The average molecular weight is 218 g/mol. The van der Waals surface area contributed by atoms with E-state index in [0.29, 0.717) is 0 Å². The van der Waals surface area contributed by atoms with Crippen LogP contribution >= 0.6 is 0 Å². The first-order valence-electron chi connectivity index (χ1n) is 7.01. The minimum atomic E-state index is 0.730. The molecule has 1 heterocycles. The number of hydrogen-bond acceptors (Lipinski definition) is 1. The minimum Gasteiger partial charge on any atom is -0.345 e. The predicted octanol–water partition coefficient (Wildman–Crippen LogP) is 3.73. The van der Waals surface area contributed by atoms with Crippen molar-refractivity contribution in [3.05, 3.63) is 17.2 Å². The zero-order chi connectivity index (χ0) is 10.8. The van der Waals surface area contributed by atoms with Crippen molar-refractivity contribution < 1.29 is 0 Å². The molecule has 2 nitrogen and oxygen atoms in total. The fourth-order valence-corrected chi connectivity index (χ4v) is 3.22. The third kappa shape index (κ3) is 2.02. The van der Waals surface area contributed by atoms with Crippen molar-refractivity contribution >= 4 is 0 Å². The lowest BCUT2D eigenvalue weighted by atomic mass is 10.00. The minimum absolute atomic E-state index is 0.730. The fraction of sp³-hybridized carbons (Fsp3) is 0.786. The van der Waals surface area contributed by atoms with Gasteiger partial charge >= 0.3 is 0 Å². The Morgan fingerprint density at radius 1 is 0.875 bits per heavy atom. The smallest absolute Gasteiger partial charge is 0.109 e. The topological polar surface area (TPSA) is 28.7 Å². The van der Waals surface area contributed by atoms with E-state index in [-0.39, 0.29) is 0 Å². The Bertz CT molecular complexity index is 322. The van der Waals surface area contributed by atoms with Gasteiger partial charge in [0.1, 0.15) is 5.82 Å². The second-order valence-corrected chi connectivity index (χ2v) is 5.44. The average Bonchev–Trinajstić information content (AvgIpc) is 2.56. The molecule has 0 amide bonds. The van der Waals surface area contributed by atoms with Crippen LogP contribution in [0.5, 0.6) is 0 Å². The number of nitrogens with one attached hydrogen (secondary N) is 1. The third-order valence-corrected chi connectivity index (χ3v) is 4.21. The van der Waals surface area contributed by atoms with Gasteiger partial charge in [0.25, 0.3) is 0 Å². The summed E-state index contributed by atoms with van der Waals surface area (Å²) in [6.07, 6.45) is 13.5. The standard InChI is InChI=1S/C14H22N2/c1-2-4-8-11(7-3-1)14-15-12-9-5-6-10-13(12)16-14/h11H,1-10H2,(H,15,16). The SMILES string of the molecule is C1CCCC(c2nc3c([nH]2)CCCC3)CC1. The van der Waals surface area contributed by atoms with Crippen LogP contribution in [0.25, 0.3) is 0 Å². The molecule has 0 bridgehead atoms. The molecule has 0 atom stereocenters. The maximum absolute atomic E-state index is 4.86. The molecular formula is C14H22N2. The van der Waals surface area contributed by atoms with E-state index >= 15 is 0 Å².